The second kappa shape index (κ2) is 6.41. The summed E-state index contributed by atoms with van der Waals surface area (Å²) in [6, 6.07) is 0. The van der Waals surface area contributed by atoms with Crippen LogP contribution in [-0.2, 0) is 0 Å². The van der Waals surface area contributed by atoms with E-state index >= 15 is 0 Å². The maximum Gasteiger partial charge on any atom is 0.0632 e. The molecule has 0 aromatic rings. The molecular formula is C14H27NO. The highest BCUT2D eigenvalue weighted by molar-refractivity contribution is 4.87. The molecule has 1 rings (SSSR count). The maximum atomic E-state index is 9.94. The van der Waals surface area contributed by atoms with Crippen LogP contribution in [0.25, 0.3) is 0 Å². The molecule has 0 bridgehead atoms. The normalized spacial score (nSPS) is 23.4. The first-order chi connectivity index (χ1) is 7.54. The summed E-state index contributed by atoms with van der Waals surface area (Å²) in [5.74, 6) is 0.457. The Hall–Kier alpha value is -0.340. The molecule has 1 unspecified atom stereocenters. The minimum Gasteiger partial charge on any atom is -0.390 e. The van der Waals surface area contributed by atoms with Crippen molar-refractivity contribution in [2.75, 3.05) is 19.6 Å². The number of rotatable bonds is 6. The van der Waals surface area contributed by atoms with Gasteiger partial charge in [0.1, 0.15) is 0 Å². The Kier molecular flexibility index (Phi) is 5.50. The molecule has 1 fully saturated rings. The van der Waals surface area contributed by atoms with E-state index in [9.17, 15) is 5.11 Å². The first-order valence-electron chi connectivity index (χ1n) is 6.63. The van der Waals surface area contributed by atoms with E-state index in [1.165, 1.54) is 19.4 Å². The third-order valence-corrected chi connectivity index (χ3v) is 3.52. The monoisotopic (exact) mass is 225 g/mol. The summed E-state index contributed by atoms with van der Waals surface area (Å²) >= 11 is 0. The Morgan fingerprint density at radius 1 is 1.38 bits per heavy atom. The van der Waals surface area contributed by atoms with E-state index in [4.69, 9.17) is 0 Å². The molecule has 0 aromatic carbocycles. The lowest BCUT2D eigenvalue weighted by Gasteiger charge is -2.25. The van der Waals surface area contributed by atoms with Gasteiger partial charge in [0.15, 0.2) is 0 Å². The zero-order valence-electron chi connectivity index (χ0n) is 11.1. The van der Waals surface area contributed by atoms with Crippen LogP contribution in [0.15, 0.2) is 12.2 Å². The standard InChI is InChI=1S/C14H27NO/c1-4-5-6-7-8-10-15-11-9-13(12-15)14(2,3)16/h5-6,13,16H,4,7-12H2,1-3H3/b6-5-. The lowest BCUT2D eigenvalue weighted by atomic mass is 9.90. The van der Waals surface area contributed by atoms with Crippen molar-refractivity contribution in [3.63, 3.8) is 0 Å². The lowest BCUT2D eigenvalue weighted by molar-refractivity contribution is 0.0211. The van der Waals surface area contributed by atoms with E-state index in [2.05, 4.69) is 24.0 Å². The van der Waals surface area contributed by atoms with Gasteiger partial charge in [0.2, 0.25) is 0 Å². The third kappa shape index (κ3) is 4.67. The molecule has 0 spiro atoms. The number of unbranched alkanes of at least 4 members (excludes halogenated alkanes) is 1. The van der Waals surface area contributed by atoms with E-state index < -0.39 is 5.60 Å². The SMILES string of the molecule is CC/C=C\CCCN1CCC(C(C)(C)O)C1. The van der Waals surface area contributed by atoms with Crippen molar-refractivity contribution in [1.82, 2.24) is 4.90 Å². The molecule has 94 valence electrons. The average Bonchev–Trinajstić information content (AvgIpc) is 2.65. The fourth-order valence-corrected chi connectivity index (χ4v) is 2.33. The van der Waals surface area contributed by atoms with Gasteiger partial charge in [-0.25, -0.2) is 0 Å². The Labute approximate surface area is 100 Å². The molecule has 2 nitrogen and oxygen atoms in total. The van der Waals surface area contributed by atoms with E-state index in [0.717, 1.165) is 25.9 Å². The molecule has 16 heavy (non-hydrogen) atoms. The van der Waals surface area contributed by atoms with Gasteiger partial charge < -0.3 is 10.0 Å². The smallest absolute Gasteiger partial charge is 0.0632 e. The van der Waals surface area contributed by atoms with Crippen molar-refractivity contribution >= 4 is 0 Å². The van der Waals surface area contributed by atoms with Crippen LogP contribution in [0.5, 0.6) is 0 Å². The molecule has 0 aromatic heterocycles. The summed E-state index contributed by atoms with van der Waals surface area (Å²) in [5, 5.41) is 9.94. The van der Waals surface area contributed by atoms with Crippen LogP contribution < -0.4 is 0 Å². The zero-order chi connectivity index (χ0) is 12.0. The number of aliphatic hydroxyl groups is 1. The fourth-order valence-electron chi connectivity index (χ4n) is 2.33. The van der Waals surface area contributed by atoms with Gasteiger partial charge in [-0.05, 0) is 52.6 Å². The highest BCUT2D eigenvalue weighted by Crippen LogP contribution is 2.26. The third-order valence-electron chi connectivity index (χ3n) is 3.52. The van der Waals surface area contributed by atoms with Gasteiger partial charge in [0.05, 0.1) is 5.60 Å². The largest absolute Gasteiger partial charge is 0.390 e. The molecule has 1 N–H and O–H groups in total. The minimum atomic E-state index is -0.503. The summed E-state index contributed by atoms with van der Waals surface area (Å²) in [4.78, 5) is 2.49. The highest BCUT2D eigenvalue weighted by atomic mass is 16.3. The average molecular weight is 225 g/mol. The maximum absolute atomic E-state index is 9.94. The summed E-state index contributed by atoms with van der Waals surface area (Å²) in [6.45, 7) is 9.45. The predicted octanol–water partition coefficient (Wildman–Crippen LogP) is 2.83. The Morgan fingerprint density at radius 3 is 2.69 bits per heavy atom. The molecule has 1 aliphatic rings. The Bertz CT molecular complexity index is 217. The molecule has 0 saturated carbocycles. The van der Waals surface area contributed by atoms with Gasteiger partial charge in [0, 0.05) is 12.5 Å². The topological polar surface area (TPSA) is 23.5 Å². The number of allylic oxidation sites excluding steroid dienone is 2. The first-order valence-corrected chi connectivity index (χ1v) is 6.63. The van der Waals surface area contributed by atoms with Crippen molar-refractivity contribution in [2.24, 2.45) is 5.92 Å². The van der Waals surface area contributed by atoms with Gasteiger partial charge in [-0.2, -0.15) is 0 Å². The fraction of sp³-hybridized carbons (Fsp3) is 0.857. The molecule has 1 saturated heterocycles. The molecule has 1 aliphatic heterocycles. The van der Waals surface area contributed by atoms with Crippen molar-refractivity contribution in [2.45, 2.75) is 52.1 Å². The van der Waals surface area contributed by atoms with Crippen molar-refractivity contribution < 1.29 is 5.11 Å². The molecule has 0 amide bonds. The number of nitrogens with zero attached hydrogens (tertiary/aromatic N) is 1. The second-order valence-corrected chi connectivity index (χ2v) is 5.46. The van der Waals surface area contributed by atoms with Crippen LogP contribution in [0.1, 0.15) is 46.5 Å². The number of hydrogen-bond acceptors (Lipinski definition) is 2. The molecule has 2 heteroatoms. The summed E-state index contributed by atoms with van der Waals surface area (Å²) < 4.78 is 0. The lowest BCUT2D eigenvalue weighted by Crippen LogP contribution is -2.33. The molecule has 0 radical (unpaired) electrons. The van der Waals surface area contributed by atoms with Crippen LogP contribution in [0, 0.1) is 5.92 Å². The van der Waals surface area contributed by atoms with Crippen molar-refractivity contribution in [3.8, 4) is 0 Å². The molecular weight excluding hydrogens is 198 g/mol. The van der Waals surface area contributed by atoms with E-state index in [1.54, 1.807) is 0 Å². The second-order valence-electron chi connectivity index (χ2n) is 5.46. The van der Waals surface area contributed by atoms with Crippen LogP contribution in [-0.4, -0.2) is 35.2 Å². The number of hydrogen-bond donors (Lipinski definition) is 1. The van der Waals surface area contributed by atoms with E-state index in [0.29, 0.717) is 5.92 Å². The summed E-state index contributed by atoms with van der Waals surface area (Å²) in [6.07, 6.45) is 9.25. The van der Waals surface area contributed by atoms with E-state index in [1.807, 2.05) is 13.8 Å². The Balaban J connectivity index is 2.15. The molecule has 0 aliphatic carbocycles. The Morgan fingerprint density at radius 2 is 2.12 bits per heavy atom. The van der Waals surface area contributed by atoms with Gasteiger partial charge >= 0.3 is 0 Å². The van der Waals surface area contributed by atoms with Gasteiger partial charge in [-0.1, -0.05) is 19.1 Å². The summed E-state index contributed by atoms with van der Waals surface area (Å²) in [5.41, 5.74) is -0.503. The number of likely N-dealkylation sites (tertiary alicyclic amines) is 1. The van der Waals surface area contributed by atoms with Crippen LogP contribution in [0.3, 0.4) is 0 Å². The van der Waals surface area contributed by atoms with Crippen molar-refractivity contribution in [1.29, 1.82) is 0 Å². The summed E-state index contributed by atoms with van der Waals surface area (Å²) in [7, 11) is 0. The highest BCUT2D eigenvalue weighted by Gasteiger charge is 2.32. The van der Waals surface area contributed by atoms with Crippen molar-refractivity contribution in [3.05, 3.63) is 12.2 Å². The predicted molar refractivity (Wildman–Crippen MR) is 69.5 cm³/mol. The quantitative estimate of drug-likeness (QED) is 0.555. The van der Waals surface area contributed by atoms with Gasteiger partial charge in [-0.3, -0.25) is 0 Å². The molecule has 1 heterocycles. The van der Waals surface area contributed by atoms with Gasteiger partial charge in [0.25, 0.3) is 0 Å². The van der Waals surface area contributed by atoms with Gasteiger partial charge in [-0.15, -0.1) is 0 Å². The first kappa shape index (κ1) is 13.7. The van der Waals surface area contributed by atoms with Crippen LogP contribution in [0.4, 0.5) is 0 Å². The van der Waals surface area contributed by atoms with Crippen LogP contribution in [0.2, 0.25) is 0 Å². The minimum absolute atomic E-state index is 0.457. The van der Waals surface area contributed by atoms with Crippen LogP contribution >= 0.6 is 0 Å². The zero-order valence-corrected chi connectivity index (χ0v) is 11.1. The van der Waals surface area contributed by atoms with E-state index in [-0.39, 0.29) is 0 Å². The molecule has 1 atom stereocenters.